The SMILES string of the molecule is CCCCOC(=O)/C=C/c1c(Cl)ncnc1NC. The predicted molar refractivity (Wildman–Crippen MR) is 71.5 cm³/mol. The number of anilines is 1. The summed E-state index contributed by atoms with van der Waals surface area (Å²) < 4.78 is 4.99. The van der Waals surface area contributed by atoms with Crippen molar-refractivity contribution in [2.24, 2.45) is 0 Å². The number of hydrogen-bond acceptors (Lipinski definition) is 5. The number of nitrogens with one attached hydrogen (secondary N) is 1. The van der Waals surface area contributed by atoms with E-state index in [4.69, 9.17) is 16.3 Å². The Bertz CT molecular complexity index is 435. The topological polar surface area (TPSA) is 64.1 Å². The first kappa shape index (κ1) is 14.4. The Morgan fingerprint density at radius 3 is 3.00 bits per heavy atom. The number of esters is 1. The van der Waals surface area contributed by atoms with Crippen molar-refractivity contribution in [3.05, 3.63) is 23.1 Å². The van der Waals surface area contributed by atoms with Gasteiger partial charge in [0.1, 0.15) is 17.3 Å². The lowest BCUT2D eigenvalue weighted by Crippen LogP contribution is -2.02. The molecule has 6 heteroatoms. The first-order valence-electron chi connectivity index (χ1n) is 5.72. The minimum absolute atomic E-state index is 0.284. The lowest BCUT2D eigenvalue weighted by Gasteiger charge is -2.04. The normalized spacial score (nSPS) is 10.6. The molecule has 0 spiro atoms. The van der Waals surface area contributed by atoms with E-state index in [1.807, 2.05) is 6.92 Å². The van der Waals surface area contributed by atoms with Gasteiger partial charge in [0, 0.05) is 13.1 Å². The number of rotatable bonds is 6. The van der Waals surface area contributed by atoms with E-state index in [9.17, 15) is 4.79 Å². The van der Waals surface area contributed by atoms with Crippen LogP contribution in [0.5, 0.6) is 0 Å². The Balaban J connectivity index is 2.69. The standard InChI is InChI=1S/C12H16ClN3O2/c1-3-4-7-18-10(17)6-5-9-11(13)15-8-16-12(9)14-2/h5-6,8H,3-4,7H2,1-2H3,(H,14,15,16)/b6-5+. The molecule has 0 saturated heterocycles. The van der Waals surface area contributed by atoms with Crippen molar-refractivity contribution in [2.75, 3.05) is 19.0 Å². The van der Waals surface area contributed by atoms with Gasteiger partial charge < -0.3 is 10.1 Å². The number of unbranched alkanes of at least 4 members (excludes halogenated alkanes) is 1. The van der Waals surface area contributed by atoms with E-state index < -0.39 is 5.97 Å². The highest BCUT2D eigenvalue weighted by molar-refractivity contribution is 6.31. The number of carbonyl (C=O) groups excluding carboxylic acids is 1. The number of carbonyl (C=O) groups is 1. The van der Waals surface area contributed by atoms with Crippen LogP contribution in [0, 0.1) is 0 Å². The van der Waals surface area contributed by atoms with Crippen LogP contribution in [0.25, 0.3) is 6.08 Å². The summed E-state index contributed by atoms with van der Waals surface area (Å²) in [6, 6.07) is 0. The third-order valence-electron chi connectivity index (χ3n) is 2.20. The van der Waals surface area contributed by atoms with Gasteiger partial charge in [-0.15, -0.1) is 0 Å². The zero-order chi connectivity index (χ0) is 13.4. The first-order chi connectivity index (χ1) is 8.69. The molecular formula is C12H16ClN3O2. The van der Waals surface area contributed by atoms with Crippen molar-refractivity contribution in [3.63, 3.8) is 0 Å². The van der Waals surface area contributed by atoms with Gasteiger partial charge in [0.15, 0.2) is 0 Å². The quantitative estimate of drug-likeness (QED) is 0.372. The van der Waals surface area contributed by atoms with Gasteiger partial charge in [-0.2, -0.15) is 0 Å². The minimum Gasteiger partial charge on any atom is -0.463 e. The Hall–Kier alpha value is -1.62. The lowest BCUT2D eigenvalue weighted by atomic mass is 10.3. The molecule has 1 aromatic rings. The first-order valence-corrected chi connectivity index (χ1v) is 6.10. The molecule has 0 aliphatic rings. The molecule has 0 atom stereocenters. The molecule has 1 aromatic heterocycles. The van der Waals surface area contributed by atoms with Crippen molar-refractivity contribution < 1.29 is 9.53 Å². The summed E-state index contributed by atoms with van der Waals surface area (Å²) in [6.45, 7) is 2.46. The van der Waals surface area contributed by atoms with Crippen molar-refractivity contribution in [3.8, 4) is 0 Å². The van der Waals surface area contributed by atoms with Crippen molar-refractivity contribution >= 4 is 29.5 Å². The number of nitrogens with zero attached hydrogens (tertiary/aromatic N) is 2. The molecule has 0 aliphatic carbocycles. The van der Waals surface area contributed by atoms with Crippen LogP contribution in [0.3, 0.4) is 0 Å². The molecule has 0 unspecified atom stereocenters. The molecule has 0 amide bonds. The van der Waals surface area contributed by atoms with E-state index >= 15 is 0 Å². The molecular weight excluding hydrogens is 254 g/mol. The summed E-state index contributed by atoms with van der Waals surface area (Å²) in [5.41, 5.74) is 0.564. The minimum atomic E-state index is -0.398. The van der Waals surface area contributed by atoms with Crippen LogP contribution in [0.1, 0.15) is 25.3 Å². The van der Waals surface area contributed by atoms with E-state index in [0.29, 0.717) is 18.0 Å². The van der Waals surface area contributed by atoms with Crippen molar-refractivity contribution in [1.82, 2.24) is 9.97 Å². The molecule has 0 saturated carbocycles. The average Bonchev–Trinajstić information content (AvgIpc) is 2.37. The van der Waals surface area contributed by atoms with Crippen LogP contribution in [0.15, 0.2) is 12.4 Å². The van der Waals surface area contributed by atoms with Crippen molar-refractivity contribution in [1.29, 1.82) is 0 Å². The molecule has 0 bridgehead atoms. The van der Waals surface area contributed by atoms with Gasteiger partial charge in [-0.1, -0.05) is 24.9 Å². The Morgan fingerprint density at radius 2 is 2.33 bits per heavy atom. The summed E-state index contributed by atoms with van der Waals surface area (Å²) in [5, 5.41) is 3.16. The van der Waals surface area contributed by atoms with Gasteiger partial charge in [-0.05, 0) is 12.5 Å². The number of aromatic nitrogens is 2. The van der Waals surface area contributed by atoms with Crippen molar-refractivity contribution in [2.45, 2.75) is 19.8 Å². The van der Waals surface area contributed by atoms with E-state index in [1.54, 1.807) is 13.1 Å². The molecule has 0 aliphatic heterocycles. The molecule has 98 valence electrons. The summed E-state index contributed by atoms with van der Waals surface area (Å²) in [5.74, 6) is 0.165. The fourth-order valence-electron chi connectivity index (χ4n) is 1.24. The third-order valence-corrected chi connectivity index (χ3v) is 2.50. The molecule has 1 heterocycles. The van der Waals surface area contributed by atoms with Gasteiger partial charge in [0.05, 0.1) is 12.2 Å². The van der Waals surface area contributed by atoms with Gasteiger partial charge in [0.2, 0.25) is 0 Å². The summed E-state index contributed by atoms with van der Waals surface area (Å²) in [6.07, 6.45) is 6.06. The summed E-state index contributed by atoms with van der Waals surface area (Å²) in [7, 11) is 1.72. The molecule has 18 heavy (non-hydrogen) atoms. The van der Waals surface area contributed by atoms with Gasteiger partial charge >= 0.3 is 5.97 Å². The highest BCUT2D eigenvalue weighted by atomic mass is 35.5. The second-order valence-corrected chi connectivity index (χ2v) is 3.89. The second kappa shape index (κ2) is 7.66. The Morgan fingerprint density at radius 1 is 1.56 bits per heavy atom. The number of hydrogen-bond donors (Lipinski definition) is 1. The lowest BCUT2D eigenvalue weighted by molar-refractivity contribution is -0.137. The van der Waals surface area contributed by atoms with Crippen LogP contribution in [-0.4, -0.2) is 29.6 Å². The molecule has 5 nitrogen and oxygen atoms in total. The van der Waals surface area contributed by atoms with E-state index in [2.05, 4.69) is 15.3 Å². The van der Waals surface area contributed by atoms with E-state index in [0.717, 1.165) is 12.8 Å². The summed E-state index contributed by atoms with van der Waals surface area (Å²) in [4.78, 5) is 19.2. The third kappa shape index (κ3) is 4.33. The van der Waals surface area contributed by atoms with Crippen LogP contribution >= 0.6 is 11.6 Å². The number of ether oxygens (including phenoxy) is 1. The predicted octanol–water partition coefficient (Wildman–Crippen LogP) is 2.53. The average molecular weight is 270 g/mol. The monoisotopic (exact) mass is 269 g/mol. The van der Waals surface area contributed by atoms with Crippen LogP contribution in [0.4, 0.5) is 5.82 Å². The maximum absolute atomic E-state index is 11.4. The smallest absolute Gasteiger partial charge is 0.330 e. The molecule has 0 fully saturated rings. The highest BCUT2D eigenvalue weighted by Gasteiger charge is 2.06. The fraction of sp³-hybridized carbons (Fsp3) is 0.417. The second-order valence-electron chi connectivity index (χ2n) is 3.53. The molecule has 1 rings (SSSR count). The fourth-order valence-corrected chi connectivity index (χ4v) is 1.43. The van der Waals surface area contributed by atoms with E-state index in [-0.39, 0.29) is 5.15 Å². The zero-order valence-electron chi connectivity index (χ0n) is 10.4. The number of halogens is 1. The molecule has 1 N–H and O–H groups in total. The van der Waals surface area contributed by atoms with E-state index in [1.165, 1.54) is 12.4 Å². The highest BCUT2D eigenvalue weighted by Crippen LogP contribution is 2.20. The van der Waals surface area contributed by atoms with Crippen LogP contribution < -0.4 is 5.32 Å². The largest absolute Gasteiger partial charge is 0.463 e. The van der Waals surface area contributed by atoms with Crippen LogP contribution in [0.2, 0.25) is 5.15 Å². The maximum Gasteiger partial charge on any atom is 0.330 e. The molecule has 0 radical (unpaired) electrons. The van der Waals surface area contributed by atoms with Gasteiger partial charge in [-0.25, -0.2) is 14.8 Å². The Labute approximate surface area is 111 Å². The van der Waals surface area contributed by atoms with Crippen LogP contribution in [-0.2, 0) is 9.53 Å². The molecule has 0 aromatic carbocycles. The van der Waals surface area contributed by atoms with Gasteiger partial charge in [0.25, 0.3) is 0 Å². The Kier molecular flexibility index (Phi) is 6.14. The zero-order valence-corrected chi connectivity index (χ0v) is 11.2. The van der Waals surface area contributed by atoms with Gasteiger partial charge in [-0.3, -0.25) is 0 Å². The summed E-state index contributed by atoms with van der Waals surface area (Å²) >= 11 is 5.92. The maximum atomic E-state index is 11.4.